The van der Waals surface area contributed by atoms with Crippen molar-refractivity contribution in [3.63, 3.8) is 0 Å². The van der Waals surface area contributed by atoms with Gasteiger partial charge in [-0.2, -0.15) is 0 Å². The van der Waals surface area contributed by atoms with Crippen molar-refractivity contribution in [2.75, 3.05) is 0 Å². The quantitative estimate of drug-likeness (QED) is 0.403. The second kappa shape index (κ2) is 3.02. The Morgan fingerprint density at radius 2 is 1.67 bits per heavy atom. The summed E-state index contributed by atoms with van der Waals surface area (Å²) in [6.07, 6.45) is 4.61. The van der Waals surface area contributed by atoms with Crippen LogP contribution >= 0.6 is 22.7 Å². The van der Waals surface area contributed by atoms with Gasteiger partial charge in [-0.15, -0.1) is 22.7 Å². The molecule has 0 atom stereocenters. The van der Waals surface area contributed by atoms with Crippen molar-refractivity contribution in [1.82, 2.24) is 0 Å². The number of thiophene rings is 2. The zero-order valence-electron chi connectivity index (χ0n) is 9.44. The number of hydrogen-bond donors (Lipinski definition) is 0. The molecular weight excluding hydrogens is 256 g/mol. The van der Waals surface area contributed by atoms with E-state index in [1.165, 1.54) is 41.8 Å². The van der Waals surface area contributed by atoms with Gasteiger partial charge in [-0.05, 0) is 68.7 Å². The van der Waals surface area contributed by atoms with Crippen LogP contribution in [0.25, 0.3) is 22.6 Å². The van der Waals surface area contributed by atoms with Crippen LogP contribution in [-0.2, 0) is 0 Å². The third-order valence-electron chi connectivity index (χ3n) is 3.72. The Morgan fingerprint density at radius 3 is 2.67 bits per heavy atom. The second-order valence-electron chi connectivity index (χ2n) is 4.73. The Balaban J connectivity index is 2.03. The lowest BCUT2D eigenvalue weighted by Gasteiger charge is -1.98. The number of hydrogen-bond acceptors (Lipinski definition) is 2. The highest BCUT2D eigenvalue weighted by molar-refractivity contribution is 7.14. The fourth-order valence-electron chi connectivity index (χ4n) is 2.90. The van der Waals surface area contributed by atoms with Crippen LogP contribution in [-0.4, -0.2) is 0 Å². The molecule has 0 spiro atoms. The molecule has 3 aromatic rings. The molecule has 0 aliphatic heterocycles. The van der Waals surface area contributed by atoms with Crippen molar-refractivity contribution >= 4 is 34.8 Å². The van der Waals surface area contributed by atoms with E-state index in [0.717, 1.165) is 0 Å². The molecule has 2 aliphatic rings. The van der Waals surface area contributed by atoms with Crippen molar-refractivity contribution in [3.05, 3.63) is 66.3 Å². The fourth-order valence-corrected chi connectivity index (χ4v) is 4.74. The zero-order chi connectivity index (χ0) is 11.7. The summed E-state index contributed by atoms with van der Waals surface area (Å²) in [5.41, 5.74) is 4.17. The predicted molar refractivity (Wildman–Crippen MR) is 78.1 cm³/mol. The van der Waals surface area contributed by atoms with Gasteiger partial charge in [-0.3, -0.25) is 0 Å². The van der Waals surface area contributed by atoms with Gasteiger partial charge in [0.25, 0.3) is 0 Å². The Morgan fingerprint density at radius 1 is 0.778 bits per heavy atom. The lowest BCUT2D eigenvalue weighted by Crippen LogP contribution is -2.01. The maximum atomic E-state index is 2.38. The van der Waals surface area contributed by atoms with Gasteiger partial charge in [0.05, 0.1) is 0 Å². The summed E-state index contributed by atoms with van der Waals surface area (Å²) in [5, 5.41) is 8.53. The maximum absolute atomic E-state index is 2.38. The second-order valence-corrected chi connectivity index (χ2v) is 6.56. The van der Waals surface area contributed by atoms with Gasteiger partial charge in [-0.1, -0.05) is 0 Å². The van der Waals surface area contributed by atoms with E-state index in [0.29, 0.717) is 0 Å². The van der Waals surface area contributed by atoms with Gasteiger partial charge < -0.3 is 0 Å². The molecule has 18 heavy (non-hydrogen) atoms. The molecule has 2 heterocycles. The van der Waals surface area contributed by atoms with Crippen LogP contribution in [0.2, 0.25) is 0 Å². The van der Waals surface area contributed by atoms with Crippen LogP contribution in [0.5, 0.6) is 0 Å². The molecule has 0 bridgehead atoms. The first-order valence-corrected chi connectivity index (χ1v) is 7.69. The van der Waals surface area contributed by atoms with Crippen LogP contribution in [0.1, 0.15) is 11.1 Å². The van der Waals surface area contributed by atoms with Crippen molar-refractivity contribution < 1.29 is 0 Å². The minimum absolute atomic E-state index is 1.38. The minimum Gasteiger partial charge on any atom is -0.143 e. The van der Waals surface area contributed by atoms with Gasteiger partial charge in [0.15, 0.2) is 0 Å². The predicted octanol–water partition coefficient (Wildman–Crippen LogP) is 3.05. The molecule has 84 valence electrons. The van der Waals surface area contributed by atoms with Crippen LogP contribution < -0.4 is 10.4 Å². The van der Waals surface area contributed by atoms with E-state index in [1.807, 2.05) is 22.7 Å². The molecule has 0 amide bonds. The summed E-state index contributed by atoms with van der Waals surface area (Å²) in [7, 11) is 0. The minimum atomic E-state index is 1.38. The Hall–Kier alpha value is -1.64. The van der Waals surface area contributed by atoms with Gasteiger partial charge in [0.1, 0.15) is 0 Å². The number of fused-ring (bicyclic) bond motifs is 5. The third-order valence-corrected chi connectivity index (χ3v) is 5.65. The van der Waals surface area contributed by atoms with Gasteiger partial charge in [-0.25, -0.2) is 0 Å². The molecular formula is C16H8S2. The highest BCUT2D eigenvalue weighted by Crippen LogP contribution is 2.32. The Bertz CT molecular complexity index is 1020. The van der Waals surface area contributed by atoms with Crippen LogP contribution in [0.15, 0.2) is 35.0 Å². The SMILES string of the molecule is C1=c2cc3c(cc2-c2sccc21)=c1sccc1=C3. The smallest absolute Gasteiger partial charge is 0.0421 e. The fraction of sp³-hybridized carbons (Fsp3) is 0. The largest absolute Gasteiger partial charge is 0.143 e. The third kappa shape index (κ3) is 1.01. The highest BCUT2D eigenvalue weighted by Gasteiger charge is 2.15. The molecule has 2 aliphatic carbocycles. The lowest BCUT2D eigenvalue weighted by atomic mass is 10.1. The molecule has 2 heteroatoms. The van der Waals surface area contributed by atoms with Crippen LogP contribution in [0.3, 0.4) is 0 Å². The van der Waals surface area contributed by atoms with E-state index in [9.17, 15) is 0 Å². The first-order chi connectivity index (χ1) is 8.90. The van der Waals surface area contributed by atoms with Crippen LogP contribution in [0, 0.1) is 9.75 Å². The van der Waals surface area contributed by atoms with E-state index >= 15 is 0 Å². The molecule has 5 rings (SSSR count). The van der Waals surface area contributed by atoms with Crippen molar-refractivity contribution in [2.24, 2.45) is 0 Å². The monoisotopic (exact) mass is 264 g/mol. The topological polar surface area (TPSA) is 0 Å². The van der Waals surface area contributed by atoms with Gasteiger partial charge in [0.2, 0.25) is 0 Å². The standard InChI is InChI=1S/C16H8S2/c1-3-17-15-9(1)5-11-7-12-6-10-2-4-18-16(10)14(12)8-13(11)15/h1-8H. The van der Waals surface area contributed by atoms with E-state index in [4.69, 9.17) is 0 Å². The maximum Gasteiger partial charge on any atom is 0.0421 e. The molecule has 0 unspecified atom stereocenters. The van der Waals surface area contributed by atoms with Crippen molar-refractivity contribution in [3.8, 4) is 10.4 Å². The summed E-state index contributed by atoms with van der Waals surface area (Å²) in [5.74, 6) is 0. The van der Waals surface area contributed by atoms with E-state index in [-0.39, 0.29) is 0 Å². The first kappa shape index (κ1) is 9.31. The molecule has 0 fully saturated rings. The molecule has 0 N–H and O–H groups in total. The molecule has 0 saturated heterocycles. The van der Waals surface area contributed by atoms with Crippen LogP contribution in [0.4, 0.5) is 0 Å². The molecule has 0 nitrogen and oxygen atoms in total. The van der Waals surface area contributed by atoms with E-state index in [1.54, 1.807) is 0 Å². The summed E-state index contributed by atoms with van der Waals surface area (Å²) >= 11 is 3.69. The molecule has 0 saturated carbocycles. The Kier molecular flexibility index (Phi) is 1.56. The normalized spacial score (nSPS) is 13.3. The molecule has 0 radical (unpaired) electrons. The summed E-state index contributed by atoms with van der Waals surface area (Å²) in [6, 6.07) is 9.14. The molecule has 1 aromatic carbocycles. The summed E-state index contributed by atoms with van der Waals surface area (Å²) in [4.78, 5) is 1.43. The average molecular weight is 264 g/mol. The number of rotatable bonds is 0. The Labute approximate surface area is 111 Å². The summed E-state index contributed by atoms with van der Waals surface area (Å²) in [6.45, 7) is 0. The van der Waals surface area contributed by atoms with Crippen molar-refractivity contribution in [1.29, 1.82) is 0 Å². The van der Waals surface area contributed by atoms with E-state index < -0.39 is 0 Å². The average Bonchev–Trinajstić information content (AvgIpc) is 3.04. The zero-order valence-corrected chi connectivity index (χ0v) is 11.1. The summed E-state index contributed by atoms with van der Waals surface area (Å²) < 4.78 is 1.43. The number of benzene rings is 1. The van der Waals surface area contributed by atoms with Gasteiger partial charge >= 0.3 is 0 Å². The van der Waals surface area contributed by atoms with E-state index in [2.05, 4.69) is 47.2 Å². The highest BCUT2D eigenvalue weighted by atomic mass is 32.1. The lowest BCUT2D eigenvalue weighted by molar-refractivity contribution is 1.54. The van der Waals surface area contributed by atoms with Gasteiger partial charge in [0, 0.05) is 20.2 Å². The first-order valence-electron chi connectivity index (χ1n) is 5.93. The molecule has 2 aromatic heterocycles. The van der Waals surface area contributed by atoms with Crippen molar-refractivity contribution in [2.45, 2.75) is 0 Å².